The second-order valence-corrected chi connectivity index (χ2v) is 8.08. The molecule has 3 rings (SSSR count). The largest absolute Gasteiger partial charge is 0.341 e. The molecule has 1 aliphatic heterocycles. The molecule has 1 fully saturated rings. The molecule has 0 radical (unpaired) electrons. The van der Waals surface area contributed by atoms with Crippen molar-refractivity contribution in [2.24, 2.45) is 5.92 Å². The number of halogens is 1. The van der Waals surface area contributed by atoms with Gasteiger partial charge in [0.25, 0.3) is 5.91 Å². The lowest BCUT2D eigenvalue weighted by Gasteiger charge is -2.33. The molecule has 1 aromatic carbocycles. The summed E-state index contributed by atoms with van der Waals surface area (Å²) in [7, 11) is 1.92. The van der Waals surface area contributed by atoms with Gasteiger partial charge in [-0.15, -0.1) is 0 Å². The van der Waals surface area contributed by atoms with Gasteiger partial charge in [-0.25, -0.2) is 0 Å². The van der Waals surface area contributed by atoms with Crippen LogP contribution in [0.1, 0.15) is 28.8 Å². The molecule has 0 N–H and O–H groups in total. The first-order valence-corrected chi connectivity index (χ1v) is 10.2. The topological polar surface area (TPSA) is 23.6 Å². The Hall–Kier alpha value is -1.36. The van der Waals surface area contributed by atoms with E-state index in [0.29, 0.717) is 5.92 Å². The van der Waals surface area contributed by atoms with Crippen molar-refractivity contribution in [2.75, 3.05) is 33.2 Å². The third kappa shape index (κ3) is 5.30. The van der Waals surface area contributed by atoms with E-state index in [-0.39, 0.29) is 5.91 Å². The Balaban J connectivity index is 1.39. The van der Waals surface area contributed by atoms with Crippen molar-refractivity contribution in [1.82, 2.24) is 9.80 Å². The second-order valence-electron chi connectivity index (χ2n) is 6.86. The fourth-order valence-corrected chi connectivity index (χ4v) is 4.16. The summed E-state index contributed by atoms with van der Waals surface area (Å²) in [5.41, 5.74) is 2.15. The Bertz CT molecular complexity index is 664. The Morgan fingerprint density at radius 1 is 1.24 bits per heavy atom. The third-order valence-corrected chi connectivity index (χ3v) is 5.92. The highest BCUT2D eigenvalue weighted by Gasteiger charge is 2.22. The number of carbonyl (C=O) groups excluding carboxylic acids is 1. The highest BCUT2D eigenvalue weighted by atomic mass is 35.5. The molecule has 2 heterocycles. The zero-order chi connectivity index (χ0) is 17.6. The van der Waals surface area contributed by atoms with Crippen molar-refractivity contribution in [3.05, 3.63) is 57.2 Å². The molecule has 1 aliphatic rings. The molecule has 0 spiro atoms. The van der Waals surface area contributed by atoms with E-state index in [1.54, 1.807) is 11.3 Å². The number of piperidine rings is 1. The number of rotatable bonds is 6. The van der Waals surface area contributed by atoms with Crippen molar-refractivity contribution in [3.8, 4) is 0 Å². The highest BCUT2D eigenvalue weighted by Crippen LogP contribution is 2.20. The first kappa shape index (κ1) is 18.4. The van der Waals surface area contributed by atoms with E-state index in [1.807, 2.05) is 40.9 Å². The lowest BCUT2D eigenvalue weighted by atomic mass is 9.96. The molecule has 1 amide bonds. The van der Waals surface area contributed by atoms with Gasteiger partial charge in [0.2, 0.25) is 0 Å². The highest BCUT2D eigenvalue weighted by molar-refractivity contribution is 7.08. The van der Waals surface area contributed by atoms with Crippen LogP contribution >= 0.6 is 22.9 Å². The first-order chi connectivity index (χ1) is 12.1. The van der Waals surface area contributed by atoms with E-state index in [0.717, 1.165) is 43.2 Å². The Kier molecular flexibility index (Phi) is 6.51. The Labute approximate surface area is 159 Å². The Morgan fingerprint density at radius 2 is 1.96 bits per heavy atom. The molecular formula is C20H25ClN2OS. The minimum absolute atomic E-state index is 0.145. The number of amides is 1. The number of benzene rings is 1. The summed E-state index contributed by atoms with van der Waals surface area (Å²) < 4.78 is 0. The summed E-state index contributed by atoms with van der Waals surface area (Å²) in [6.45, 7) is 4.20. The van der Waals surface area contributed by atoms with E-state index in [1.165, 1.54) is 18.4 Å². The first-order valence-electron chi connectivity index (χ1n) is 8.86. The van der Waals surface area contributed by atoms with Crippen molar-refractivity contribution >= 4 is 28.8 Å². The van der Waals surface area contributed by atoms with Gasteiger partial charge in [0.05, 0.1) is 5.56 Å². The zero-order valence-electron chi connectivity index (χ0n) is 14.7. The quantitative estimate of drug-likeness (QED) is 0.744. The molecule has 25 heavy (non-hydrogen) atoms. The van der Waals surface area contributed by atoms with E-state index >= 15 is 0 Å². The van der Waals surface area contributed by atoms with Crippen LogP contribution in [0, 0.1) is 5.92 Å². The maximum atomic E-state index is 12.3. The van der Waals surface area contributed by atoms with Crippen LogP contribution in [0.4, 0.5) is 0 Å². The van der Waals surface area contributed by atoms with E-state index in [4.69, 9.17) is 11.6 Å². The maximum Gasteiger partial charge on any atom is 0.254 e. The van der Waals surface area contributed by atoms with Gasteiger partial charge in [0, 0.05) is 30.5 Å². The van der Waals surface area contributed by atoms with Crippen molar-refractivity contribution in [2.45, 2.75) is 19.3 Å². The van der Waals surface area contributed by atoms with Crippen molar-refractivity contribution in [1.29, 1.82) is 0 Å². The Morgan fingerprint density at radius 3 is 2.60 bits per heavy atom. The molecule has 0 saturated carbocycles. The number of likely N-dealkylation sites (tertiary alicyclic amines) is 1. The van der Waals surface area contributed by atoms with E-state index in [9.17, 15) is 4.79 Å². The van der Waals surface area contributed by atoms with Gasteiger partial charge in [-0.2, -0.15) is 11.3 Å². The van der Waals surface area contributed by atoms with Crippen LogP contribution in [0.2, 0.25) is 5.02 Å². The molecule has 1 aromatic heterocycles. The standard InChI is InChI=1S/C20H25ClN2OS/c1-22(20(24)18-9-13-25-15-18)14-17-7-11-23(12-8-17)10-6-16-2-4-19(21)5-3-16/h2-5,9,13,15,17H,6-8,10-12,14H2,1H3. The minimum Gasteiger partial charge on any atom is -0.341 e. The van der Waals surface area contributed by atoms with Crippen LogP contribution in [0.25, 0.3) is 0 Å². The van der Waals surface area contributed by atoms with Gasteiger partial charge in [0.1, 0.15) is 0 Å². The normalized spacial score (nSPS) is 16.1. The van der Waals surface area contributed by atoms with Gasteiger partial charge in [-0.05, 0) is 67.4 Å². The van der Waals surface area contributed by atoms with Crippen LogP contribution in [0.15, 0.2) is 41.1 Å². The van der Waals surface area contributed by atoms with Gasteiger partial charge in [0.15, 0.2) is 0 Å². The predicted octanol–water partition coefficient (Wildman–Crippen LogP) is 4.43. The summed E-state index contributed by atoms with van der Waals surface area (Å²) in [5, 5.41) is 4.68. The maximum absolute atomic E-state index is 12.3. The molecular weight excluding hydrogens is 352 g/mol. The minimum atomic E-state index is 0.145. The van der Waals surface area contributed by atoms with Crippen LogP contribution in [-0.4, -0.2) is 48.9 Å². The van der Waals surface area contributed by atoms with Gasteiger partial charge >= 0.3 is 0 Å². The smallest absolute Gasteiger partial charge is 0.254 e. The van der Waals surface area contributed by atoms with E-state index in [2.05, 4.69) is 17.0 Å². The second kappa shape index (κ2) is 8.84. The number of nitrogens with zero attached hydrogens (tertiary/aromatic N) is 2. The number of hydrogen-bond donors (Lipinski definition) is 0. The average molecular weight is 377 g/mol. The molecule has 3 nitrogen and oxygen atoms in total. The summed E-state index contributed by atoms with van der Waals surface area (Å²) in [5.74, 6) is 0.755. The van der Waals surface area contributed by atoms with Crippen LogP contribution in [0.3, 0.4) is 0 Å². The summed E-state index contributed by atoms with van der Waals surface area (Å²) in [4.78, 5) is 16.8. The molecule has 0 atom stereocenters. The molecule has 0 unspecified atom stereocenters. The molecule has 134 valence electrons. The lowest BCUT2D eigenvalue weighted by Crippen LogP contribution is -2.40. The monoisotopic (exact) mass is 376 g/mol. The SMILES string of the molecule is CN(CC1CCN(CCc2ccc(Cl)cc2)CC1)C(=O)c1ccsc1. The third-order valence-electron chi connectivity index (χ3n) is 4.98. The van der Waals surface area contributed by atoms with Crippen LogP contribution in [-0.2, 0) is 6.42 Å². The zero-order valence-corrected chi connectivity index (χ0v) is 16.2. The molecule has 1 saturated heterocycles. The van der Waals surface area contributed by atoms with Gasteiger partial charge < -0.3 is 9.80 Å². The molecule has 0 bridgehead atoms. The van der Waals surface area contributed by atoms with Crippen LogP contribution < -0.4 is 0 Å². The molecule has 5 heteroatoms. The summed E-state index contributed by atoms with van der Waals surface area (Å²) in [6.07, 6.45) is 3.40. The summed E-state index contributed by atoms with van der Waals surface area (Å²) >= 11 is 7.51. The molecule has 2 aromatic rings. The fourth-order valence-electron chi connectivity index (χ4n) is 3.41. The number of thiophene rings is 1. The molecule has 0 aliphatic carbocycles. The lowest BCUT2D eigenvalue weighted by molar-refractivity contribution is 0.0741. The van der Waals surface area contributed by atoms with Crippen molar-refractivity contribution < 1.29 is 4.79 Å². The van der Waals surface area contributed by atoms with Gasteiger partial charge in [-0.1, -0.05) is 23.7 Å². The fraction of sp³-hybridized carbons (Fsp3) is 0.450. The summed E-state index contributed by atoms with van der Waals surface area (Å²) in [6, 6.07) is 10.1. The van der Waals surface area contributed by atoms with Crippen molar-refractivity contribution in [3.63, 3.8) is 0 Å². The predicted molar refractivity (Wildman–Crippen MR) is 106 cm³/mol. The number of hydrogen-bond acceptors (Lipinski definition) is 3. The van der Waals surface area contributed by atoms with Crippen LogP contribution in [0.5, 0.6) is 0 Å². The van der Waals surface area contributed by atoms with E-state index < -0.39 is 0 Å². The number of carbonyl (C=O) groups is 1. The average Bonchev–Trinajstić information content (AvgIpc) is 3.16. The van der Waals surface area contributed by atoms with Gasteiger partial charge in [-0.3, -0.25) is 4.79 Å².